The number of aromatic hydroxyl groups is 1. The molecule has 3 aromatic carbocycles. The molecule has 0 saturated carbocycles. The number of phenolic OH excluding ortho intramolecular Hbond substituents is 1. The third-order valence-corrected chi connectivity index (χ3v) is 4.65. The largest absolute Gasteiger partial charge is 0.508 e. The molecule has 0 aliphatic heterocycles. The maximum absolute atomic E-state index is 10.5. The van der Waals surface area contributed by atoms with Crippen molar-refractivity contribution in [2.24, 2.45) is 4.99 Å². The van der Waals surface area contributed by atoms with E-state index < -0.39 is 0 Å². The molecular weight excluding hydrogens is 362 g/mol. The molecule has 3 heteroatoms. The van der Waals surface area contributed by atoms with Gasteiger partial charge >= 0.3 is 0 Å². The van der Waals surface area contributed by atoms with E-state index in [2.05, 4.69) is 35.0 Å². The maximum Gasteiger partial charge on any atom is 0.121 e. The number of fused-ring (bicyclic) bond motifs is 1. The van der Waals surface area contributed by atoms with Crippen molar-refractivity contribution in [3.63, 3.8) is 0 Å². The van der Waals surface area contributed by atoms with Crippen LogP contribution in [-0.2, 0) is 0 Å². The fourth-order valence-corrected chi connectivity index (χ4v) is 3.19. The number of nitrogens with zero attached hydrogens (tertiary/aromatic N) is 1. The molecule has 0 fully saturated rings. The molecule has 24 heavy (non-hydrogen) atoms. The van der Waals surface area contributed by atoms with Crippen LogP contribution in [0.15, 0.2) is 70.1 Å². The van der Waals surface area contributed by atoms with Crippen LogP contribution in [0, 0.1) is 0 Å². The molecule has 0 bridgehead atoms. The van der Waals surface area contributed by atoms with Crippen LogP contribution >= 0.6 is 15.9 Å². The molecular formula is C21H20BrNO. The molecule has 1 atom stereocenters. The van der Waals surface area contributed by atoms with E-state index in [0.717, 1.165) is 39.2 Å². The Morgan fingerprint density at radius 2 is 1.79 bits per heavy atom. The molecule has 3 rings (SSSR count). The summed E-state index contributed by atoms with van der Waals surface area (Å²) < 4.78 is 1.05. The van der Waals surface area contributed by atoms with Gasteiger partial charge < -0.3 is 5.11 Å². The van der Waals surface area contributed by atoms with Gasteiger partial charge in [0.15, 0.2) is 0 Å². The van der Waals surface area contributed by atoms with E-state index in [-0.39, 0.29) is 6.04 Å². The van der Waals surface area contributed by atoms with Crippen molar-refractivity contribution in [3.05, 3.63) is 76.3 Å². The van der Waals surface area contributed by atoms with Gasteiger partial charge in [0.25, 0.3) is 0 Å². The third-order valence-electron chi connectivity index (χ3n) is 4.12. The molecule has 122 valence electrons. The number of phenols is 1. The summed E-state index contributed by atoms with van der Waals surface area (Å²) in [6.45, 7) is 2.14. The Bertz CT molecular complexity index is 855. The van der Waals surface area contributed by atoms with Gasteiger partial charge in [-0.25, -0.2) is 0 Å². The quantitative estimate of drug-likeness (QED) is 0.519. The van der Waals surface area contributed by atoms with Crippen LogP contribution in [0.1, 0.15) is 36.9 Å². The summed E-state index contributed by atoms with van der Waals surface area (Å²) in [5.41, 5.74) is 1.97. The summed E-state index contributed by atoms with van der Waals surface area (Å²) in [5.74, 6) is 0.320. The molecule has 0 aromatic heterocycles. The van der Waals surface area contributed by atoms with Crippen LogP contribution in [0.4, 0.5) is 0 Å². The summed E-state index contributed by atoms with van der Waals surface area (Å²) >= 11 is 3.45. The van der Waals surface area contributed by atoms with E-state index in [9.17, 15) is 5.11 Å². The van der Waals surface area contributed by atoms with E-state index in [1.807, 2.05) is 48.7 Å². The minimum absolute atomic E-state index is 0.0512. The van der Waals surface area contributed by atoms with Gasteiger partial charge in [-0.3, -0.25) is 4.99 Å². The minimum Gasteiger partial charge on any atom is -0.508 e. The fourth-order valence-electron chi connectivity index (χ4n) is 2.93. The van der Waals surface area contributed by atoms with E-state index in [1.54, 1.807) is 6.07 Å². The van der Waals surface area contributed by atoms with E-state index in [1.165, 1.54) is 0 Å². The Hall–Kier alpha value is -2.13. The second-order valence-electron chi connectivity index (χ2n) is 5.85. The number of halogens is 1. The lowest BCUT2D eigenvalue weighted by Crippen LogP contribution is -1.98. The number of aliphatic imine (C=N–C) groups is 1. The monoisotopic (exact) mass is 381 g/mol. The predicted octanol–water partition coefficient (Wildman–Crippen LogP) is 6.27. The van der Waals surface area contributed by atoms with Crippen LogP contribution in [-0.4, -0.2) is 11.3 Å². The van der Waals surface area contributed by atoms with Crippen molar-refractivity contribution in [1.29, 1.82) is 0 Å². The van der Waals surface area contributed by atoms with Gasteiger partial charge in [-0.05, 0) is 41.0 Å². The van der Waals surface area contributed by atoms with Crippen LogP contribution in [0.25, 0.3) is 10.8 Å². The zero-order chi connectivity index (χ0) is 16.9. The molecule has 0 heterocycles. The van der Waals surface area contributed by atoms with Gasteiger partial charge in [0.1, 0.15) is 5.75 Å². The summed E-state index contributed by atoms with van der Waals surface area (Å²) in [7, 11) is 0. The molecule has 0 spiro atoms. The average Bonchev–Trinajstić information content (AvgIpc) is 2.60. The van der Waals surface area contributed by atoms with Crippen molar-refractivity contribution in [3.8, 4) is 5.75 Å². The lowest BCUT2D eigenvalue weighted by molar-refractivity contribution is 0.460. The predicted molar refractivity (Wildman–Crippen MR) is 105 cm³/mol. The first-order chi connectivity index (χ1) is 11.7. The lowest BCUT2D eigenvalue weighted by atomic mass is 9.95. The van der Waals surface area contributed by atoms with Gasteiger partial charge in [-0.1, -0.05) is 71.7 Å². The topological polar surface area (TPSA) is 32.6 Å². The van der Waals surface area contributed by atoms with Crippen molar-refractivity contribution in [2.75, 3.05) is 0 Å². The molecule has 0 amide bonds. The lowest BCUT2D eigenvalue weighted by Gasteiger charge is -2.16. The van der Waals surface area contributed by atoms with Gasteiger partial charge in [0, 0.05) is 16.3 Å². The highest BCUT2D eigenvalue weighted by Crippen LogP contribution is 2.36. The zero-order valence-corrected chi connectivity index (χ0v) is 15.2. The van der Waals surface area contributed by atoms with Crippen molar-refractivity contribution < 1.29 is 5.11 Å². The summed E-state index contributed by atoms with van der Waals surface area (Å²) in [4.78, 5) is 4.79. The normalized spacial score (nSPS) is 12.8. The number of rotatable bonds is 5. The molecule has 0 aliphatic rings. The van der Waals surface area contributed by atoms with Gasteiger partial charge in [-0.2, -0.15) is 0 Å². The Balaban J connectivity index is 2.02. The second-order valence-corrected chi connectivity index (χ2v) is 6.77. The van der Waals surface area contributed by atoms with E-state index >= 15 is 0 Å². The number of benzene rings is 3. The SMILES string of the molecule is CCCC(N=Cc1ccc(Br)cc1)c1c(O)ccc2ccccc12. The molecule has 1 N–H and O–H groups in total. The first-order valence-electron chi connectivity index (χ1n) is 8.18. The molecule has 2 nitrogen and oxygen atoms in total. The van der Waals surface area contributed by atoms with Crippen LogP contribution in [0.2, 0.25) is 0 Å². The minimum atomic E-state index is -0.0512. The molecule has 1 unspecified atom stereocenters. The molecule has 0 aliphatic carbocycles. The first kappa shape index (κ1) is 16.7. The Labute approximate surface area is 151 Å². The highest BCUT2D eigenvalue weighted by Gasteiger charge is 2.16. The Morgan fingerprint density at radius 1 is 1.04 bits per heavy atom. The standard InChI is InChI=1S/C21H20BrNO/c1-2-5-19(23-14-15-8-11-17(22)12-9-15)21-18-7-4-3-6-16(18)10-13-20(21)24/h3-4,6-14,19,24H,2,5H2,1H3. The van der Waals surface area contributed by atoms with Gasteiger partial charge in [0.05, 0.1) is 6.04 Å². The number of hydrogen-bond acceptors (Lipinski definition) is 2. The number of hydrogen-bond donors (Lipinski definition) is 1. The van der Waals surface area contributed by atoms with Crippen molar-refractivity contribution in [2.45, 2.75) is 25.8 Å². The Morgan fingerprint density at radius 3 is 2.54 bits per heavy atom. The van der Waals surface area contributed by atoms with Crippen LogP contribution in [0.3, 0.4) is 0 Å². The first-order valence-corrected chi connectivity index (χ1v) is 8.97. The second kappa shape index (κ2) is 7.63. The molecule has 0 radical (unpaired) electrons. The highest BCUT2D eigenvalue weighted by molar-refractivity contribution is 9.10. The molecule has 0 saturated heterocycles. The zero-order valence-electron chi connectivity index (χ0n) is 13.6. The summed E-state index contributed by atoms with van der Waals surface area (Å²) in [5, 5.41) is 12.7. The summed E-state index contributed by atoms with van der Waals surface area (Å²) in [6, 6.07) is 19.9. The van der Waals surface area contributed by atoms with Crippen molar-refractivity contribution >= 4 is 32.9 Å². The smallest absolute Gasteiger partial charge is 0.121 e. The highest BCUT2D eigenvalue weighted by atomic mass is 79.9. The third kappa shape index (κ3) is 3.68. The molecule has 3 aromatic rings. The van der Waals surface area contributed by atoms with Gasteiger partial charge in [-0.15, -0.1) is 0 Å². The van der Waals surface area contributed by atoms with Gasteiger partial charge in [0.2, 0.25) is 0 Å². The van der Waals surface area contributed by atoms with Crippen molar-refractivity contribution in [1.82, 2.24) is 0 Å². The average molecular weight is 382 g/mol. The van der Waals surface area contributed by atoms with E-state index in [4.69, 9.17) is 4.99 Å². The Kier molecular flexibility index (Phi) is 5.31. The summed E-state index contributed by atoms with van der Waals surface area (Å²) in [6.07, 6.45) is 3.80. The maximum atomic E-state index is 10.5. The van der Waals surface area contributed by atoms with E-state index in [0.29, 0.717) is 5.75 Å². The fraction of sp³-hybridized carbons (Fsp3) is 0.190. The van der Waals surface area contributed by atoms with Crippen LogP contribution in [0.5, 0.6) is 5.75 Å². The van der Waals surface area contributed by atoms with Crippen LogP contribution < -0.4 is 0 Å².